The highest BCUT2D eigenvalue weighted by Crippen LogP contribution is 2.38. The van der Waals surface area contributed by atoms with E-state index in [4.69, 9.17) is 12.2 Å². The maximum absolute atomic E-state index is 5.30. The summed E-state index contributed by atoms with van der Waals surface area (Å²) in [6.45, 7) is 0. The topological polar surface area (TPSA) is 50.9 Å². The first-order chi connectivity index (χ1) is 8.84. The number of aromatic nitrogens is 5. The number of nitrogens with zero attached hydrogens (tertiary/aromatic N) is 4. The molecule has 0 aliphatic heterocycles. The Balaban J connectivity index is 2.00. The molecule has 0 aromatic carbocycles. The number of hydrogen-bond acceptors (Lipinski definition) is 3. The second-order valence-corrected chi connectivity index (χ2v) is 4.93. The molecule has 1 aliphatic rings. The fourth-order valence-corrected chi connectivity index (χ4v) is 2.55. The minimum absolute atomic E-state index is 0.505. The molecule has 1 saturated carbocycles. The van der Waals surface area contributed by atoms with E-state index in [0.29, 0.717) is 10.8 Å². The van der Waals surface area contributed by atoms with Gasteiger partial charge in [-0.25, -0.2) is 4.52 Å². The Bertz CT molecular complexity index is 777. The second-order valence-electron chi connectivity index (χ2n) is 4.54. The highest BCUT2D eigenvalue weighted by atomic mass is 32.1. The summed E-state index contributed by atoms with van der Waals surface area (Å²) in [5.74, 6) is 0.892. The van der Waals surface area contributed by atoms with E-state index in [-0.39, 0.29) is 0 Å². The van der Waals surface area contributed by atoms with Crippen LogP contribution in [0.1, 0.15) is 18.9 Å². The highest BCUT2D eigenvalue weighted by Gasteiger charge is 2.28. The predicted octanol–water partition coefficient (Wildman–Crippen LogP) is 2.59. The molecule has 0 atom stereocenters. The smallest absolute Gasteiger partial charge is 0.195 e. The van der Waals surface area contributed by atoms with Gasteiger partial charge in [-0.3, -0.25) is 9.67 Å². The zero-order chi connectivity index (χ0) is 12.1. The molecular weight excluding hydrogens is 246 g/mol. The van der Waals surface area contributed by atoms with Crippen LogP contribution in [0.5, 0.6) is 0 Å². The largest absolute Gasteiger partial charge is 0.297 e. The van der Waals surface area contributed by atoms with Gasteiger partial charge in [-0.05, 0) is 37.2 Å². The Morgan fingerprint density at radius 2 is 2.22 bits per heavy atom. The summed E-state index contributed by atoms with van der Waals surface area (Å²) in [5.41, 5.74) is 2.07. The molecule has 4 rings (SSSR count). The van der Waals surface area contributed by atoms with E-state index < -0.39 is 0 Å². The van der Waals surface area contributed by atoms with Gasteiger partial charge < -0.3 is 0 Å². The molecular formula is C12H11N5S. The van der Waals surface area contributed by atoms with Gasteiger partial charge >= 0.3 is 0 Å². The minimum atomic E-state index is 0.505. The number of rotatable bonds is 2. The van der Waals surface area contributed by atoms with Gasteiger partial charge in [0.15, 0.2) is 10.6 Å². The normalized spacial score (nSPS) is 15.3. The Morgan fingerprint density at radius 1 is 1.33 bits per heavy atom. The Labute approximate surface area is 108 Å². The third-order valence-corrected chi connectivity index (χ3v) is 3.57. The summed E-state index contributed by atoms with van der Waals surface area (Å²) >= 11 is 5.30. The molecule has 5 nitrogen and oxygen atoms in total. The van der Waals surface area contributed by atoms with E-state index in [1.165, 1.54) is 12.8 Å². The van der Waals surface area contributed by atoms with E-state index in [1.54, 1.807) is 0 Å². The SMILES string of the molecule is S=c1[nH]nc(-c2cnn3ccccc23)n1C1CC1. The van der Waals surface area contributed by atoms with Crippen molar-refractivity contribution in [2.24, 2.45) is 0 Å². The van der Waals surface area contributed by atoms with Gasteiger partial charge in [-0.2, -0.15) is 10.2 Å². The van der Waals surface area contributed by atoms with Crippen LogP contribution in [-0.2, 0) is 0 Å². The molecule has 0 amide bonds. The number of fused-ring (bicyclic) bond motifs is 1. The number of pyridine rings is 1. The van der Waals surface area contributed by atoms with Crippen molar-refractivity contribution in [1.82, 2.24) is 24.4 Å². The number of nitrogens with one attached hydrogen (secondary N) is 1. The monoisotopic (exact) mass is 257 g/mol. The van der Waals surface area contributed by atoms with E-state index in [9.17, 15) is 0 Å². The van der Waals surface area contributed by atoms with Gasteiger partial charge in [-0.15, -0.1) is 0 Å². The minimum Gasteiger partial charge on any atom is -0.297 e. The lowest BCUT2D eigenvalue weighted by Gasteiger charge is -2.02. The highest BCUT2D eigenvalue weighted by molar-refractivity contribution is 7.71. The van der Waals surface area contributed by atoms with Gasteiger partial charge in [0.05, 0.1) is 17.3 Å². The van der Waals surface area contributed by atoms with Gasteiger partial charge in [0.1, 0.15) is 0 Å². The standard InChI is InChI=1S/C12H11N5S/c18-12-15-14-11(17(12)8-4-5-8)9-7-13-16-6-2-1-3-10(9)16/h1-3,6-8H,4-5H2,(H,15,18). The van der Waals surface area contributed by atoms with Crippen molar-refractivity contribution in [3.8, 4) is 11.4 Å². The molecule has 0 saturated heterocycles. The Hall–Kier alpha value is -1.95. The van der Waals surface area contributed by atoms with Crippen molar-refractivity contribution in [2.45, 2.75) is 18.9 Å². The van der Waals surface area contributed by atoms with Gasteiger partial charge in [-0.1, -0.05) is 6.07 Å². The molecule has 0 bridgehead atoms. The van der Waals surface area contributed by atoms with Crippen LogP contribution in [0.15, 0.2) is 30.6 Å². The van der Waals surface area contributed by atoms with Crippen molar-refractivity contribution in [2.75, 3.05) is 0 Å². The van der Waals surface area contributed by atoms with Crippen LogP contribution in [0, 0.1) is 4.77 Å². The maximum atomic E-state index is 5.30. The zero-order valence-corrected chi connectivity index (χ0v) is 10.4. The first-order valence-corrected chi connectivity index (χ1v) is 6.35. The summed E-state index contributed by atoms with van der Waals surface area (Å²) in [7, 11) is 0. The molecule has 0 spiro atoms. The van der Waals surface area contributed by atoms with Gasteiger partial charge in [0, 0.05) is 12.2 Å². The lowest BCUT2D eigenvalue weighted by atomic mass is 10.2. The zero-order valence-electron chi connectivity index (χ0n) is 9.58. The molecule has 1 N–H and O–H groups in total. The third kappa shape index (κ3) is 1.35. The summed E-state index contributed by atoms with van der Waals surface area (Å²) in [5, 5.41) is 11.6. The van der Waals surface area contributed by atoms with Gasteiger partial charge in [0.25, 0.3) is 0 Å². The van der Waals surface area contributed by atoms with Crippen LogP contribution < -0.4 is 0 Å². The summed E-state index contributed by atoms with van der Waals surface area (Å²) in [6, 6.07) is 6.51. The molecule has 6 heteroatoms. The van der Waals surface area contributed by atoms with Crippen molar-refractivity contribution >= 4 is 17.7 Å². The van der Waals surface area contributed by atoms with E-state index in [2.05, 4.69) is 19.9 Å². The summed E-state index contributed by atoms with van der Waals surface area (Å²) in [6.07, 6.45) is 6.14. The summed E-state index contributed by atoms with van der Waals surface area (Å²) < 4.78 is 4.66. The Morgan fingerprint density at radius 3 is 3.06 bits per heavy atom. The van der Waals surface area contributed by atoms with E-state index >= 15 is 0 Å². The van der Waals surface area contributed by atoms with Crippen LogP contribution in [-0.4, -0.2) is 24.4 Å². The Kier molecular flexibility index (Phi) is 1.96. The molecule has 3 heterocycles. The molecule has 1 fully saturated rings. The van der Waals surface area contributed by atoms with E-state index in [0.717, 1.165) is 16.9 Å². The fraction of sp³-hybridized carbons (Fsp3) is 0.250. The maximum Gasteiger partial charge on any atom is 0.195 e. The van der Waals surface area contributed by atoms with Crippen molar-refractivity contribution in [3.05, 3.63) is 35.4 Å². The van der Waals surface area contributed by atoms with Crippen LogP contribution >= 0.6 is 12.2 Å². The molecule has 1 aliphatic carbocycles. The summed E-state index contributed by atoms with van der Waals surface area (Å²) in [4.78, 5) is 0. The van der Waals surface area contributed by atoms with Crippen LogP contribution in [0.3, 0.4) is 0 Å². The molecule has 3 aromatic rings. The van der Waals surface area contributed by atoms with Crippen molar-refractivity contribution in [3.63, 3.8) is 0 Å². The molecule has 90 valence electrons. The van der Waals surface area contributed by atoms with Crippen LogP contribution in [0.4, 0.5) is 0 Å². The van der Waals surface area contributed by atoms with E-state index in [1.807, 2.05) is 35.1 Å². The average molecular weight is 257 g/mol. The first-order valence-electron chi connectivity index (χ1n) is 5.94. The van der Waals surface area contributed by atoms with Crippen molar-refractivity contribution in [1.29, 1.82) is 0 Å². The second kappa shape index (κ2) is 3.52. The lowest BCUT2D eigenvalue weighted by molar-refractivity contribution is 0.735. The van der Waals surface area contributed by atoms with Gasteiger partial charge in [0.2, 0.25) is 0 Å². The molecule has 0 unspecified atom stereocenters. The average Bonchev–Trinajstić information content (AvgIpc) is 3.02. The lowest BCUT2D eigenvalue weighted by Crippen LogP contribution is -1.97. The van der Waals surface area contributed by atoms with Crippen molar-refractivity contribution < 1.29 is 0 Å². The van der Waals surface area contributed by atoms with Crippen LogP contribution in [0.25, 0.3) is 16.9 Å². The number of hydrogen-bond donors (Lipinski definition) is 1. The van der Waals surface area contributed by atoms with Crippen LogP contribution in [0.2, 0.25) is 0 Å². The number of aromatic amines is 1. The third-order valence-electron chi connectivity index (χ3n) is 3.28. The quantitative estimate of drug-likeness (QED) is 0.718. The predicted molar refractivity (Wildman–Crippen MR) is 69.9 cm³/mol. The molecule has 18 heavy (non-hydrogen) atoms. The number of H-pyrrole nitrogens is 1. The first kappa shape index (κ1) is 10.0. The molecule has 0 radical (unpaired) electrons. The molecule has 3 aromatic heterocycles. The fourth-order valence-electron chi connectivity index (χ4n) is 2.27.